The molecule has 0 heterocycles. The molecule has 0 aliphatic heterocycles. The van der Waals surface area contributed by atoms with E-state index in [4.69, 9.17) is 25.8 Å². The van der Waals surface area contributed by atoms with E-state index in [1.165, 1.54) is 0 Å². The molecule has 0 bridgehead atoms. The van der Waals surface area contributed by atoms with Gasteiger partial charge in [-0.25, -0.2) is 0 Å². The van der Waals surface area contributed by atoms with Crippen molar-refractivity contribution in [3.05, 3.63) is 52.5 Å². The van der Waals surface area contributed by atoms with Gasteiger partial charge < -0.3 is 19.5 Å². The van der Waals surface area contributed by atoms with Gasteiger partial charge in [-0.15, -0.1) is 0 Å². The van der Waals surface area contributed by atoms with Crippen LogP contribution in [0.3, 0.4) is 0 Å². The van der Waals surface area contributed by atoms with Crippen LogP contribution < -0.4 is 19.5 Å². The van der Waals surface area contributed by atoms with Crippen LogP contribution in [0.4, 0.5) is 0 Å². The quantitative estimate of drug-likeness (QED) is 0.751. The smallest absolute Gasteiger partial charge is 0.261 e. The summed E-state index contributed by atoms with van der Waals surface area (Å²) in [4.78, 5) is 12.5. The molecule has 0 saturated heterocycles. The van der Waals surface area contributed by atoms with Crippen molar-refractivity contribution in [3.8, 4) is 17.2 Å². The van der Waals surface area contributed by atoms with E-state index in [0.717, 1.165) is 11.1 Å². The Kier molecular flexibility index (Phi) is 7.16. The molecule has 26 heavy (non-hydrogen) atoms. The third-order valence-corrected chi connectivity index (χ3v) is 4.32. The van der Waals surface area contributed by atoms with Crippen molar-refractivity contribution in [2.75, 3.05) is 14.2 Å². The molecule has 1 amide bonds. The second-order valence-corrected chi connectivity index (χ2v) is 6.25. The highest BCUT2D eigenvalue weighted by Gasteiger charge is 2.19. The first-order chi connectivity index (χ1) is 12.5. The van der Waals surface area contributed by atoms with Gasteiger partial charge in [-0.2, -0.15) is 0 Å². The molecule has 1 atom stereocenters. The normalized spacial score (nSPS) is 11.6. The van der Waals surface area contributed by atoms with Crippen LogP contribution in [0.15, 0.2) is 36.4 Å². The fraction of sp³-hybridized carbons (Fsp3) is 0.350. The minimum atomic E-state index is -0.573. The van der Waals surface area contributed by atoms with Crippen LogP contribution in [-0.4, -0.2) is 26.2 Å². The Morgan fingerprint density at radius 1 is 1.12 bits per heavy atom. The van der Waals surface area contributed by atoms with Gasteiger partial charge in [0.2, 0.25) is 0 Å². The number of halogens is 1. The van der Waals surface area contributed by atoms with Crippen LogP contribution in [0.25, 0.3) is 0 Å². The van der Waals surface area contributed by atoms with Gasteiger partial charge in [0.05, 0.1) is 14.2 Å². The van der Waals surface area contributed by atoms with Crippen LogP contribution in [0.2, 0.25) is 5.02 Å². The number of hydrogen-bond acceptors (Lipinski definition) is 4. The van der Waals surface area contributed by atoms with E-state index in [1.54, 1.807) is 26.4 Å². The molecular weight excluding hydrogens is 354 g/mol. The summed E-state index contributed by atoms with van der Waals surface area (Å²) in [5.41, 5.74) is 1.88. The number of ether oxygens (including phenoxy) is 3. The highest BCUT2D eigenvalue weighted by Crippen LogP contribution is 2.33. The van der Waals surface area contributed by atoms with E-state index < -0.39 is 6.10 Å². The third kappa shape index (κ3) is 5.05. The van der Waals surface area contributed by atoms with E-state index in [0.29, 0.717) is 28.7 Å². The maximum Gasteiger partial charge on any atom is 0.261 e. The van der Waals surface area contributed by atoms with Gasteiger partial charge in [0.1, 0.15) is 5.75 Å². The van der Waals surface area contributed by atoms with Gasteiger partial charge in [0.25, 0.3) is 5.91 Å². The second-order valence-electron chi connectivity index (χ2n) is 5.84. The van der Waals surface area contributed by atoms with Crippen molar-refractivity contribution in [1.82, 2.24) is 5.32 Å². The highest BCUT2D eigenvalue weighted by molar-refractivity contribution is 6.31. The third-order valence-electron chi connectivity index (χ3n) is 3.97. The van der Waals surface area contributed by atoms with Crippen molar-refractivity contribution in [2.24, 2.45) is 0 Å². The topological polar surface area (TPSA) is 56.8 Å². The summed E-state index contributed by atoms with van der Waals surface area (Å²) in [5.74, 6) is 1.58. The van der Waals surface area contributed by atoms with Crippen LogP contribution in [-0.2, 0) is 11.3 Å². The first kappa shape index (κ1) is 19.9. The average molecular weight is 378 g/mol. The van der Waals surface area contributed by atoms with Crippen LogP contribution in [0.1, 0.15) is 24.5 Å². The van der Waals surface area contributed by atoms with Gasteiger partial charge in [0.15, 0.2) is 17.6 Å². The fourth-order valence-electron chi connectivity index (χ4n) is 2.43. The lowest BCUT2D eigenvalue weighted by molar-refractivity contribution is -0.128. The van der Waals surface area contributed by atoms with Crippen LogP contribution in [0, 0.1) is 6.92 Å². The number of nitrogens with one attached hydrogen (secondary N) is 1. The van der Waals surface area contributed by atoms with E-state index >= 15 is 0 Å². The predicted octanol–water partition coefficient (Wildman–Crippen LogP) is 4.14. The molecule has 0 aliphatic rings. The van der Waals surface area contributed by atoms with Gasteiger partial charge in [-0.1, -0.05) is 36.2 Å². The minimum Gasteiger partial charge on any atom is -0.493 e. The Labute approximate surface area is 159 Å². The summed E-state index contributed by atoms with van der Waals surface area (Å²) in [7, 11) is 3.10. The summed E-state index contributed by atoms with van der Waals surface area (Å²) < 4.78 is 16.3. The Balaban J connectivity index is 2.03. The molecule has 1 unspecified atom stereocenters. The number of carbonyl (C=O) groups is 1. The molecule has 0 aliphatic carbocycles. The highest BCUT2D eigenvalue weighted by atomic mass is 35.5. The zero-order valence-electron chi connectivity index (χ0n) is 15.5. The Bertz CT molecular complexity index is 746. The molecular formula is C20H24ClNO4. The number of amides is 1. The fourth-order valence-corrected chi connectivity index (χ4v) is 2.65. The van der Waals surface area contributed by atoms with E-state index in [1.807, 2.05) is 38.1 Å². The Morgan fingerprint density at radius 3 is 2.31 bits per heavy atom. The van der Waals surface area contributed by atoms with Crippen molar-refractivity contribution >= 4 is 17.5 Å². The summed E-state index contributed by atoms with van der Waals surface area (Å²) >= 11 is 6.26. The number of aryl methyl sites for hydroxylation is 1. The second kappa shape index (κ2) is 9.34. The molecule has 140 valence electrons. The molecule has 1 N–H and O–H groups in total. The first-order valence-corrected chi connectivity index (χ1v) is 8.77. The van der Waals surface area contributed by atoms with Crippen LogP contribution in [0.5, 0.6) is 17.2 Å². The van der Waals surface area contributed by atoms with Crippen molar-refractivity contribution in [2.45, 2.75) is 32.9 Å². The molecule has 5 nitrogen and oxygen atoms in total. The summed E-state index contributed by atoms with van der Waals surface area (Å²) in [6, 6.07) is 11.0. The molecule has 0 fully saturated rings. The summed E-state index contributed by atoms with van der Waals surface area (Å²) in [6.45, 7) is 4.17. The molecule has 2 aromatic carbocycles. The molecule has 0 saturated carbocycles. The van der Waals surface area contributed by atoms with Crippen molar-refractivity contribution in [3.63, 3.8) is 0 Å². The zero-order valence-corrected chi connectivity index (χ0v) is 16.2. The maximum atomic E-state index is 12.5. The largest absolute Gasteiger partial charge is 0.493 e. The average Bonchev–Trinajstić information content (AvgIpc) is 2.65. The predicted molar refractivity (Wildman–Crippen MR) is 102 cm³/mol. The summed E-state index contributed by atoms with van der Waals surface area (Å²) in [5, 5.41) is 3.36. The Morgan fingerprint density at radius 2 is 1.73 bits per heavy atom. The standard InChI is InChI=1S/C20H24ClNO4/c1-5-17(26-15-8-6-13(2)7-9-15)20(23)22-12-14-10-18(24-3)19(25-4)11-16(14)21/h6-11,17H,5,12H2,1-4H3,(H,22,23). The molecule has 2 aromatic rings. The van der Waals surface area contributed by atoms with Crippen molar-refractivity contribution < 1.29 is 19.0 Å². The van der Waals surface area contributed by atoms with Gasteiger partial charge >= 0.3 is 0 Å². The van der Waals surface area contributed by atoms with Crippen LogP contribution >= 0.6 is 11.6 Å². The van der Waals surface area contributed by atoms with Gasteiger partial charge in [0, 0.05) is 17.6 Å². The lowest BCUT2D eigenvalue weighted by Crippen LogP contribution is -2.37. The zero-order chi connectivity index (χ0) is 19.1. The first-order valence-electron chi connectivity index (χ1n) is 8.39. The number of benzene rings is 2. The minimum absolute atomic E-state index is 0.195. The lowest BCUT2D eigenvalue weighted by Gasteiger charge is -2.18. The molecule has 2 rings (SSSR count). The Hall–Kier alpha value is -2.40. The van der Waals surface area contributed by atoms with Crippen molar-refractivity contribution in [1.29, 1.82) is 0 Å². The van der Waals surface area contributed by atoms with E-state index in [-0.39, 0.29) is 12.5 Å². The van der Waals surface area contributed by atoms with E-state index in [9.17, 15) is 4.79 Å². The number of rotatable bonds is 8. The van der Waals surface area contributed by atoms with Gasteiger partial charge in [-0.05, 0) is 37.1 Å². The monoisotopic (exact) mass is 377 g/mol. The SMILES string of the molecule is CCC(Oc1ccc(C)cc1)C(=O)NCc1cc(OC)c(OC)cc1Cl. The maximum absolute atomic E-state index is 12.5. The summed E-state index contributed by atoms with van der Waals surface area (Å²) in [6.07, 6.45) is -0.0176. The molecule has 0 spiro atoms. The number of carbonyl (C=O) groups excluding carboxylic acids is 1. The molecule has 6 heteroatoms. The molecule has 0 aromatic heterocycles. The van der Waals surface area contributed by atoms with Gasteiger partial charge in [-0.3, -0.25) is 4.79 Å². The number of hydrogen-bond donors (Lipinski definition) is 1. The number of methoxy groups -OCH3 is 2. The van der Waals surface area contributed by atoms with E-state index in [2.05, 4.69) is 5.32 Å². The lowest BCUT2D eigenvalue weighted by atomic mass is 10.2. The molecule has 0 radical (unpaired) electrons.